The predicted octanol–water partition coefficient (Wildman–Crippen LogP) is 2.10. The highest BCUT2D eigenvalue weighted by atomic mass is 16.5. The van der Waals surface area contributed by atoms with Crippen molar-refractivity contribution in [2.45, 2.75) is 13.0 Å². The number of nitrogens with one attached hydrogen (secondary N) is 1. The monoisotopic (exact) mass is 382 g/mol. The van der Waals surface area contributed by atoms with Gasteiger partial charge in [-0.05, 0) is 37.3 Å². The SMILES string of the molecule is C=CCN1C(=O)c2ccc(C(=O)OCC(=O)N[C@H](C)c3ccco3)cc2C1=O. The van der Waals surface area contributed by atoms with Gasteiger partial charge in [0.05, 0.1) is 29.0 Å². The highest BCUT2D eigenvalue weighted by Gasteiger charge is 2.35. The molecule has 1 atom stereocenters. The molecule has 0 bridgehead atoms. The first-order valence-electron chi connectivity index (χ1n) is 8.53. The molecule has 8 heteroatoms. The van der Waals surface area contributed by atoms with Crippen molar-refractivity contribution >= 4 is 23.7 Å². The molecule has 1 aliphatic heterocycles. The normalized spacial score (nSPS) is 13.8. The van der Waals surface area contributed by atoms with Crippen LogP contribution in [-0.4, -0.2) is 41.7 Å². The Morgan fingerprint density at radius 1 is 1.25 bits per heavy atom. The van der Waals surface area contributed by atoms with E-state index in [0.29, 0.717) is 5.76 Å². The Kier molecular flexibility index (Phi) is 5.39. The molecule has 0 unspecified atom stereocenters. The number of nitrogens with zero attached hydrogens (tertiary/aromatic N) is 1. The van der Waals surface area contributed by atoms with Gasteiger partial charge in [-0.25, -0.2) is 4.79 Å². The molecule has 3 amide bonds. The lowest BCUT2D eigenvalue weighted by atomic mass is 10.1. The summed E-state index contributed by atoms with van der Waals surface area (Å²) < 4.78 is 10.2. The topological polar surface area (TPSA) is 106 Å². The third-order valence-electron chi connectivity index (χ3n) is 4.20. The van der Waals surface area contributed by atoms with E-state index in [1.54, 1.807) is 19.1 Å². The number of hydrogen-bond acceptors (Lipinski definition) is 6. The summed E-state index contributed by atoms with van der Waals surface area (Å²) in [4.78, 5) is 49.7. The van der Waals surface area contributed by atoms with Gasteiger partial charge in [0.1, 0.15) is 5.76 Å². The molecule has 2 heterocycles. The molecule has 1 aliphatic rings. The second kappa shape index (κ2) is 7.91. The minimum Gasteiger partial charge on any atom is -0.467 e. The Morgan fingerprint density at radius 2 is 2.00 bits per heavy atom. The van der Waals surface area contributed by atoms with E-state index >= 15 is 0 Å². The molecular weight excluding hydrogens is 364 g/mol. The van der Waals surface area contributed by atoms with Crippen LogP contribution in [0.4, 0.5) is 0 Å². The number of carbonyl (C=O) groups is 4. The second-order valence-corrected chi connectivity index (χ2v) is 6.15. The number of rotatable bonds is 7. The van der Waals surface area contributed by atoms with E-state index in [0.717, 1.165) is 4.90 Å². The van der Waals surface area contributed by atoms with Crippen molar-refractivity contribution in [3.8, 4) is 0 Å². The van der Waals surface area contributed by atoms with E-state index < -0.39 is 30.3 Å². The van der Waals surface area contributed by atoms with Crippen molar-refractivity contribution in [3.05, 3.63) is 71.7 Å². The summed E-state index contributed by atoms with van der Waals surface area (Å²) in [7, 11) is 0. The number of benzene rings is 1. The average molecular weight is 382 g/mol. The van der Waals surface area contributed by atoms with Gasteiger partial charge in [0.25, 0.3) is 17.7 Å². The van der Waals surface area contributed by atoms with Gasteiger partial charge < -0.3 is 14.5 Å². The third kappa shape index (κ3) is 3.71. The van der Waals surface area contributed by atoms with Gasteiger partial charge >= 0.3 is 5.97 Å². The van der Waals surface area contributed by atoms with Crippen molar-refractivity contribution < 1.29 is 28.3 Å². The molecule has 0 saturated heterocycles. The molecular formula is C20H18N2O6. The van der Waals surface area contributed by atoms with Crippen molar-refractivity contribution in [2.75, 3.05) is 13.2 Å². The molecule has 0 spiro atoms. The van der Waals surface area contributed by atoms with E-state index in [4.69, 9.17) is 9.15 Å². The van der Waals surface area contributed by atoms with Crippen molar-refractivity contribution in [2.24, 2.45) is 0 Å². The van der Waals surface area contributed by atoms with Crippen LogP contribution in [0.25, 0.3) is 0 Å². The quantitative estimate of drug-likeness (QED) is 0.447. The summed E-state index contributed by atoms with van der Waals surface area (Å²) in [6, 6.07) is 7.12. The van der Waals surface area contributed by atoms with Crippen molar-refractivity contribution in [1.29, 1.82) is 0 Å². The molecule has 144 valence electrons. The maximum atomic E-state index is 12.3. The molecule has 8 nitrogen and oxygen atoms in total. The summed E-state index contributed by atoms with van der Waals surface area (Å²) in [5.74, 6) is -1.64. The molecule has 1 aromatic heterocycles. The van der Waals surface area contributed by atoms with Crippen LogP contribution in [0.3, 0.4) is 0 Å². The molecule has 28 heavy (non-hydrogen) atoms. The highest BCUT2D eigenvalue weighted by molar-refractivity contribution is 6.22. The van der Waals surface area contributed by atoms with E-state index in [9.17, 15) is 19.2 Å². The summed E-state index contributed by atoms with van der Waals surface area (Å²) in [5, 5.41) is 2.64. The van der Waals surface area contributed by atoms with E-state index in [1.807, 2.05) is 0 Å². The van der Waals surface area contributed by atoms with Gasteiger partial charge in [-0.3, -0.25) is 19.3 Å². The molecule has 1 aromatic carbocycles. The van der Waals surface area contributed by atoms with Crippen molar-refractivity contribution in [3.63, 3.8) is 0 Å². The lowest BCUT2D eigenvalue weighted by Crippen LogP contribution is -2.31. The zero-order valence-electron chi connectivity index (χ0n) is 15.1. The van der Waals surface area contributed by atoms with Crippen molar-refractivity contribution in [1.82, 2.24) is 10.2 Å². The fourth-order valence-corrected chi connectivity index (χ4v) is 2.82. The lowest BCUT2D eigenvalue weighted by Gasteiger charge is -2.11. The first-order valence-corrected chi connectivity index (χ1v) is 8.53. The minimum atomic E-state index is -0.772. The van der Waals surface area contributed by atoms with Crippen LogP contribution in [-0.2, 0) is 9.53 Å². The third-order valence-corrected chi connectivity index (χ3v) is 4.20. The van der Waals surface area contributed by atoms with Crippen LogP contribution in [0, 0.1) is 0 Å². The first kappa shape index (κ1) is 19.1. The summed E-state index contributed by atoms with van der Waals surface area (Å²) >= 11 is 0. The van der Waals surface area contributed by atoms with Gasteiger partial charge in [0, 0.05) is 6.54 Å². The number of furan rings is 1. The lowest BCUT2D eigenvalue weighted by molar-refractivity contribution is -0.125. The minimum absolute atomic E-state index is 0.0761. The van der Waals surface area contributed by atoms with Crippen LogP contribution in [0.15, 0.2) is 53.7 Å². The summed E-state index contributed by atoms with van der Waals surface area (Å²) in [6.07, 6.45) is 2.94. The Hall–Kier alpha value is -3.68. The summed E-state index contributed by atoms with van der Waals surface area (Å²) in [6.45, 7) is 4.84. The Balaban J connectivity index is 1.61. The summed E-state index contributed by atoms with van der Waals surface area (Å²) in [5.41, 5.74) is 0.415. The highest BCUT2D eigenvalue weighted by Crippen LogP contribution is 2.24. The van der Waals surface area contributed by atoms with Gasteiger partial charge in [-0.1, -0.05) is 6.08 Å². The first-order chi connectivity index (χ1) is 13.4. The Morgan fingerprint density at radius 3 is 2.68 bits per heavy atom. The maximum absolute atomic E-state index is 12.3. The number of esters is 1. The average Bonchev–Trinajstić information content (AvgIpc) is 3.30. The Bertz CT molecular complexity index is 948. The number of hydrogen-bond donors (Lipinski definition) is 1. The van der Waals surface area contributed by atoms with E-state index in [2.05, 4.69) is 11.9 Å². The standard InChI is InChI=1S/C20H18N2O6/c1-3-8-22-18(24)14-7-6-13(10-15(14)19(22)25)20(26)28-11-17(23)21-12(2)16-5-4-9-27-16/h3-7,9-10,12H,1,8,11H2,2H3,(H,21,23)/t12-/m1/s1. The molecule has 0 fully saturated rings. The zero-order chi connectivity index (χ0) is 20.3. The predicted molar refractivity (Wildman–Crippen MR) is 97.6 cm³/mol. The van der Waals surface area contributed by atoms with Crippen LogP contribution in [0.5, 0.6) is 0 Å². The molecule has 2 aromatic rings. The molecule has 3 rings (SSSR count). The van der Waals surface area contributed by atoms with E-state index in [-0.39, 0.29) is 29.3 Å². The molecule has 1 N–H and O–H groups in total. The molecule has 0 radical (unpaired) electrons. The number of amides is 3. The maximum Gasteiger partial charge on any atom is 0.338 e. The Labute approximate surface area is 160 Å². The smallest absolute Gasteiger partial charge is 0.338 e. The number of carbonyl (C=O) groups excluding carboxylic acids is 4. The van der Waals surface area contributed by atoms with Crippen LogP contribution < -0.4 is 5.32 Å². The molecule has 0 saturated carbocycles. The van der Waals surface area contributed by atoms with Crippen LogP contribution in [0.1, 0.15) is 49.8 Å². The van der Waals surface area contributed by atoms with Gasteiger partial charge in [-0.2, -0.15) is 0 Å². The number of imide groups is 1. The zero-order valence-corrected chi connectivity index (χ0v) is 15.1. The molecule has 0 aliphatic carbocycles. The second-order valence-electron chi connectivity index (χ2n) is 6.15. The van der Waals surface area contributed by atoms with Gasteiger partial charge in [-0.15, -0.1) is 6.58 Å². The van der Waals surface area contributed by atoms with Crippen LogP contribution >= 0.6 is 0 Å². The fraction of sp³-hybridized carbons (Fsp3) is 0.200. The largest absolute Gasteiger partial charge is 0.467 e. The van der Waals surface area contributed by atoms with Gasteiger partial charge in [0.2, 0.25) is 0 Å². The van der Waals surface area contributed by atoms with Crippen LogP contribution in [0.2, 0.25) is 0 Å². The van der Waals surface area contributed by atoms with E-state index in [1.165, 1.54) is 30.5 Å². The van der Waals surface area contributed by atoms with Gasteiger partial charge in [0.15, 0.2) is 6.61 Å². The number of ether oxygens (including phenoxy) is 1. The number of fused-ring (bicyclic) bond motifs is 1. The fourth-order valence-electron chi connectivity index (χ4n) is 2.82.